The van der Waals surface area contributed by atoms with E-state index >= 15 is 0 Å². The molecule has 66 valence electrons. The molecule has 1 aliphatic rings. The lowest BCUT2D eigenvalue weighted by Gasteiger charge is -2.14. The second-order valence-corrected chi connectivity index (χ2v) is 3.02. The first kappa shape index (κ1) is 9.01. The molecule has 0 saturated carbocycles. The molecule has 1 fully saturated rings. The molecular formula is C9H18O2. The van der Waals surface area contributed by atoms with Crippen LogP contribution >= 0.6 is 0 Å². The zero-order valence-corrected chi connectivity index (χ0v) is 7.34. The Morgan fingerprint density at radius 3 is 2.36 bits per heavy atom. The quantitative estimate of drug-likeness (QED) is 0.627. The van der Waals surface area contributed by atoms with Crippen molar-refractivity contribution in [1.29, 1.82) is 0 Å². The molecule has 0 N–H and O–H groups in total. The fourth-order valence-corrected chi connectivity index (χ4v) is 1.22. The summed E-state index contributed by atoms with van der Waals surface area (Å²) < 4.78 is 11.0. The van der Waals surface area contributed by atoms with E-state index < -0.39 is 0 Å². The highest BCUT2D eigenvalue weighted by Gasteiger charge is 2.11. The second-order valence-electron chi connectivity index (χ2n) is 3.02. The Labute approximate surface area is 68.9 Å². The third-order valence-electron chi connectivity index (χ3n) is 1.94. The lowest BCUT2D eigenvalue weighted by atomic mass is 10.2. The van der Waals surface area contributed by atoms with E-state index in [1.807, 2.05) is 0 Å². The maximum Gasteiger partial charge on any atom is 0.157 e. The van der Waals surface area contributed by atoms with Crippen molar-refractivity contribution in [3.63, 3.8) is 0 Å². The average Bonchev–Trinajstić information content (AvgIpc) is 2.28. The molecule has 1 aliphatic heterocycles. The maximum atomic E-state index is 5.48. The van der Waals surface area contributed by atoms with Gasteiger partial charge in [-0.15, -0.1) is 0 Å². The monoisotopic (exact) mass is 158 g/mol. The summed E-state index contributed by atoms with van der Waals surface area (Å²) in [7, 11) is 0. The highest BCUT2D eigenvalue weighted by atomic mass is 16.7. The van der Waals surface area contributed by atoms with Crippen LogP contribution in [-0.2, 0) is 9.47 Å². The van der Waals surface area contributed by atoms with Gasteiger partial charge in [-0.2, -0.15) is 0 Å². The highest BCUT2D eigenvalue weighted by molar-refractivity contribution is 4.51. The summed E-state index contributed by atoms with van der Waals surface area (Å²) in [5.74, 6) is 0. The van der Waals surface area contributed by atoms with Crippen LogP contribution < -0.4 is 0 Å². The van der Waals surface area contributed by atoms with Gasteiger partial charge in [-0.25, -0.2) is 0 Å². The lowest BCUT2D eigenvalue weighted by molar-refractivity contribution is -0.130. The summed E-state index contributed by atoms with van der Waals surface area (Å²) >= 11 is 0. The summed E-state index contributed by atoms with van der Waals surface area (Å²) in [6, 6.07) is 0. The summed E-state index contributed by atoms with van der Waals surface area (Å²) in [5, 5.41) is 0. The molecule has 2 nitrogen and oxygen atoms in total. The summed E-state index contributed by atoms with van der Waals surface area (Å²) in [6.45, 7) is 3.96. The van der Waals surface area contributed by atoms with E-state index in [4.69, 9.17) is 9.47 Å². The van der Waals surface area contributed by atoms with Crippen molar-refractivity contribution in [3.05, 3.63) is 0 Å². The van der Waals surface area contributed by atoms with E-state index in [2.05, 4.69) is 6.92 Å². The summed E-state index contributed by atoms with van der Waals surface area (Å²) in [4.78, 5) is 0. The molecular weight excluding hydrogens is 140 g/mol. The van der Waals surface area contributed by atoms with Crippen LogP contribution in [-0.4, -0.2) is 19.5 Å². The van der Waals surface area contributed by atoms with E-state index in [0.717, 1.165) is 32.5 Å². The molecule has 1 heterocycles. The zero-order chi connectivity index (χ0) is 7.94. The van der Waals surface area contributed by atoms with Crippen molar-refractivity contribution >= 4 is 0 Å². The van der Waals surface area contributed by atoms with Gasteiger partial charge in [0.1, 0.15) is 0 Å². The van der Waals surface area contributed by atoms with Gasteiger partial charge in [0.15, 0.2) is 6.29 Å². The molecule has 0 aliphatic carbocycles. The minimum atomic E-state index is 0.0949. The smallest absolute Gasteiger partial charge is 0.157 e. The van der Waals surface area contributed by atoms with E-state index in [1.165, 1.54) is 12.8 Å². The van der Waals surface area contributed by atoms with Crippen molar-refractivity contribution in [2.75, 3.05) is 13.2 Å². The number of unbranched alkanes of at least 4 members (excludes halogenated alkanes) is 1. The van der Waals surface area contributed by atoms with E-state index in [1.54, 1.807) is 0 Å². The molecule has 0 amide bonds. The Morgan fingerprint density at radius 1 is 1.18 bits per heavy atom. The standard InChI is InChI=1S/C9H18O2/c1-2-3-6-9-10-7-4-5-8-11-9/h9H,2-8H2,1H3. The van der Waals surface area contributed by atoms with Gasteiger partial charge in [0.2, 0.25) is 0 Å². The van der Waals surface area contributed by atoms with Crippen molar-refractivity contribution < 1.29 is 9.47 Å². The highest BCUT2D eigenvalue weighted by Crippen LogP contribution is 2.11. The van der Waals surface area contributed by atoms with Gasteiger partial charge in [-0.3, -0.25) is 0 Å². The van der Waals surface area contributed by atoms with Gasteiger partial charge in [0, 0.05) is 13.2 Å². The normalized spacial score (nSPS) is 21.5. The minimum Gasteiger partial charge on any atom is -0.353 e. The number of ether oxygens (including phenoxy) is 2. The zero-order valence-electron chi connectivity index (χ0n) is 7.34. The van der Waals surface area contributed by atoms with E-state index in [0.29, 0.717) is 0 Å². The molecule has 2 heteroatoms. The SMILES string of the molecule is CCCCC1OCCCCO1. The summed E-state index contributed by atoms with van der Waals surface area (Å²) in [6.07, 6.45) is 5.91. The van der Waals surface area contributed by atoms with Gasteiger partial charge >= 0.3 is 0 Å². The molecule has 0 spiro atoms. The number of hydrogen-bond donors (Lipinski definition) is 0. The minimum absolute atomic E-state index is 0.0949. The number of rotatable bonds is 3. The Morgan fingerprint density at radius 2 is 1.82 bits per heavy atom. The van der Waals surface area contributed by atoms with Crippen LogP contribution in [0.3, 0.4) is 0 Å². The first-order chi connectivity index (χ1) is 5.43. The fourth-order valence-electron chi connectivity index (χ4n) is 1.22. The molecule has 1 saturated heterocycles. The van der Waals surface area contributed by atoms with Gasteiger partial charge in [-0.05, 0) is 25.7 Å². The van der Waals surface area contributed by atoms with Crippen LogP contribution in [0.25, 0.3) is 0 Å². The van der Waals surface area contributed by atoms with Crippen molar-refractivity contribution in [1.82, 2.24) is 0 Å². The predicted octanol–water partition coefficient (Wildman–Crippen LogP) is 2.33. The Bertz CT molecular complexity index is 85.6. The number of hydrogen-bond acceptors (Lipinski definition) is 2. The molecule has 0 atom stereocenters. The Balaban J connectivity index is 2.09. The predicted molar refractivity (Wildman–Crippen MR) is 44.5 cm³/mol. The lowest BCUT2D eigenvalue weighted by Crippen LogP contribution is -2.15. The topological polar surface area (TPSA) is 18.5 Å². The molecule has 0 aromatic rings. The van der Waals surface area contributed by atoms with Crippen molar-refractivity contribution in [2.24, 2.45) is 0 Å². The van der Waals surface area contributed by atoms with Crippen LogP contribution in [0.2, 0.25) is 0 Å². The van der Waals surface area contributed by atoms with Crippen molar-refractivity contribution in [2.45, 2.75) is 45.3 Å². The first-order valence-electron chi connectivity index (χ1n) is 4.66. The Kier molecular flexibility index (Phi) is 4.55. The van der Waals surface area contributed by atoms with Crippen LogP contribution in [0.4, 0.5) is 0 Å². The first-order valence-corrected chi connectivity index (χ1v) is 4.66. The molecule has 0 aromatic heterocycles. The summed E-state index contributed by atoms with van der Waals surface area (Å²) in [5.41, 5.74) is 0. The van der Waals surface area contributed by atoms with Gasteiger partial charge < -0.3 is 9.47 Å². The van der Waals surface area contributed by atoms with Crippen LogP contribution in [0.15, 0.2) is 0 Å². The van der Waals surface area contributed by atoms with Crippen LogP contribution in [0.1, 0.15) is 39.0 Å². The molecule has 11 heavy (non-hydrogen) atoms. The van der Waals surface area contributed by atoms with Gasteiger partial charge in [-0.1, -0.05) is 13.3 Å². The third kappa shape index (κ3) is 3.73. The third-order valence-corrected chi connectivity index (χ3v) is 1.94. The molecule has 0 unspecified atom stereocenters. The van der Waals surface area contributed by atoms with Gasteiger partial charge in [0.25, 0.3) is 0 Å². The van der Waals surface area contributed by atoms with Crippen LogP contribution in [0.5, 0.6) is 0 Å². The molecule has 1 rings (SSSR count). The molecule has 0 radical (unpaired) electrons. The van der Waals surface area contributed by atoms with Gasteiger partial charge in [0.05, 0.1) is 0 Å². The maximum absolute atomic E-state index is 5.48. The molecule has 0 aromatic carbocycles. The molecule has 0 bridgehead atoms. The second kappa shape index (κ2) is 5.56. The van der Waals surface area contributed by atoms with E-state index in [-0.39, 0.29) is 6.29 Å². The Hall–Kier alpha value is -0.0800. The van der Waals surface area contributed by atoms with Crippen LogP contribution in [0, 0.1) is 0 Å². The van der Waals surface area contributed by atoms with Crippen molar-refractivity contribution in [3.8, 4) is 0 Å². The van der Waals surface area contributed by atoms with E-state index in [9.17, 15) is 0 Å². The average molecular weight is 158 g/mol. The largest absolute Gasteiger partial charge is 0.353 e. The fraction of sp³-hybridized carbons (Fsp3) is 1.00.